The number of benzene rings is 3. The maximum atomic E-state index is 11.0. The fourth-order valence-electron chi connectivity index (χ4n) is 10.1. The first-order valence-corrected chi connectivity index (χ1v) is 18.7. The first-order chi connectivity index (χ1) is 22.2. The molecule has 1 atom stereocenters. The van der Waals surface area contributed by atoms with Crippen LogP contribution in [0.1, 0.15) is 189 Å². The second kappa shape index (κ2) is 14.4. The SMILES string of the molecule is Cc1cc(O)cc(C2CCCCC2)c1C(C)CC(c1c(C)cc(O)cc1C1CCCCC1)c1c(C)cc(O)cc1C1CCCCC1. The highest BCUT2D eigenvalue weighted by Gasteiger charge is 2.33. The third-order valence-corrected chi connectivity index (χ3v) is 12.1. The molecule has 0 saturated heterocycles. The quantitative estimate of drug-likeness (QED) is 0.234. The summed E-state index contributed by atoms with van der Waals surface area (Å²) in [6.45, 7) is 9.05. The average Bonchev–Trinajstić information content (AvgIpc) is 3.04. The molecule has 248 valence electrons. The van der Waals surface area contributed by atoms with Gasteiger partial charge in [0.1, 0.15) is 17.2 Å². The third kappa shape index (κ3) is 6.99. The third-order valence-electron chi connectivity index (χ3n) is 12.1. The average molecular weight is 623 g/mol. The molecule has 3 aromatic carbocycles. The van der Waals surface area contributed by atoms with Crippen molar-refractivity contribution in [2.45, 2.75) is 160 Å². The molecule has 3 aliphatic carbocycles. The number of hydrogen-bond acceptors (Lipinski definition) is 3. The molecule has 3 heteroatoms. The minimum absolute atomic E-state index is 0.150. The monoisotopic (exact) mass is 622 g/mol. The van der Waals surface area contributed by atoms with E-state index in [1.807, 2.05) is 18.2 Å². The number of rotatable bonds is 8. The Morgan fingerprint density at radius 2 is 0.783 bits per heavy atom. The van der Waals surface area contributed by atoms with E-state index >= 15 is 0 Å². The molecule has 3 N–H and O–H groups in total. The Morgan fingerprint density at radius 3 is 1.13 bits per heavy atom. The molecule has 3 aromatic rings. The fraction of sp³-hybridized carbons (Fsp3) is 0.581. The van der Waals surface area contributed by atoms with Gasteiger partial charge in [-0.05, 0) is 176 Å². The summed E-state index contributed by atoms with van der Waals surface area (Å²) in [5, 5.41) is 32.8. The zero-order valence-electron chi connectivity index (χ0n) is 29.0. The van der Waals surface area contributed by atoms with Crippen LogP contribution in [-0.2, 0) is 0 Å². The van der Waals surface area contributed by atoms with Gasteiger partial charge >= 0.3 is 0 Å². The highest BCUT2D eigenvalue weighted by Crippen LogP contribution is 2.50. The Kier molecular flexibility index (Phi) is 10.4. The topological polar surface area (TPSA) is 60.7 Å². The van der Waals surface area contributed by atoms with Crippen molar-refractivity contribution in [2.24, 2.45) is 0 Å². The number of aryl methyl sites for hydroxylation is 3. The standard InChI is InChI=1S/C43H58O3/c1-27-20-34(44)24-37(31-14-8-5-9-15-31)41(27)30(4)23-40(42-28(2)21-35(45)25-38(42)32-16-10-6-11-17-32)43-29(3)22-36(46)26-39(43)33-18-12-7-13-19-33/h20-22,24-26,30-33,40,44-46H,5-19,23H2,1-4H3. The summed E-state index contributed by atoms with van der Waals surface area (Å²) < 4.78 is 0. The predicted octanol–water partition coefficient (Wildman–Crippen LogP) is 12.2. The van der Waals surface area contributed by atoms with E-state index in [-0.39, 0.29) is 11.8 Å². The lowest BCUT2D eigenvalue weighted by Crippen LogP contribution is -2.19. The molecule has 3 saturated carbocycles. The summed E-state index contributed by atoms with van der Waals surface area (Å²) in [5.74, 6) is 3.05. The normalized spacial score (nSPS) is 19.5. The van der Waals surface area contributed by atoms with Crippen LogP contribution in [0.5, 0.6) is 17.2 Å². The zero-order valence-corrected chi connectivity index (χ0v) is 29.0. The van der Waals surface area contributed by atoms with Crippen LogP contribution in [0.15, 0.2) is 36.4 Å². The molecule has 0 aromatic heterocycles. The van der Waals surface area contributed by atoms with Gasteiger partial charge < -0.3 is 15.3 Å². The van der Waals surface area contributed by atoms with Gasteiger partial charge in [-0.25, -0.2) is 0 Å². The van der Waals surface area contributed by atoms with Crippen molar-refractivity contribution in [1.82, 2.24) is 0 Å². The van der Waals surface area contributed by atoms with Crippen LogP contribution >= 0.6 is 0 Å². The Morgan fingerprint density at radius 1 is 0.478 bits per heavy atom. The summed E-state index contributed by atoms with van der Waals surface area (Å²) in [7, 11) is 0. The summed E-state index contributed by atoms with van der Waals surface area (Å²) in [6, 6.07) is 12.3. The van der Waals surface area contributed by atoms with E-state index in [2.05, 4.69) is 45.9 Å². The molecule has 3 fully saturated rings. The van der Waals surface area contributed by atoms with Crippen LogP contribution in [0.2, 0.25) is 0 Å². The molecule has 0 bridgehead atoms. The van der Waals surface area contributed by atoms with Crippen molar-refractivity contribution < 1.29 is 15.3 Å². The van der Waals surface area contributed by atoms with Gasteiger partial charge in [0.2, 0.25) is 0 Å². The number of aromatic hydroxyl groups is 3. The van der Waals surface area contributed by atoms with Gasteiger partial charge in [0.25, 0.3) is 0 Å². The van der Waals surface area contributed by atoms with Gasteiger partial charge in [-0.15, -0.1) is 0 Å². The second-order valence-corrected chi connectivity index (χ2v) is 15.5. The smallest absolute Gasteiger partial charge is 0.116 e. The molecule has 0 aliphatic heterocycles. The number of hydrogen-bond donors (Lipinski definition) is 3. The fourth-order valence-corrected chi connectivity index (χ4v) is 10.1. The molecule has 0 radical (unpaired) electrons. The molecule has 0 spiro atoms. The summed E-state index contributed by atoms with van der Waals surface area (Å²) in [4.78, 5) is 0. The van der Waals surface area contributed by atoms with E-state index < -0.39 is 0 Å². The zero-order chi connectivity index (χ0) is 32.4. The van der Waals surface area contributed by atoms with E-state index in [1.165, 1.54) is 146 Å². The van der Waals surface area contributed by atoms with Crippen molar-refractivity contribution in [3.05, 3.63) is 86.5 Å². The van der Waals surface area contributed by atoms with Gasteiger partial charge in [-0.1, -0.05) is 64.7 Å². The highest BCUT2D eigenvalue weighted by atomic mass is 16.3. The molecule has 3 aliphatic rings. The Hall–Kier alpha value is -2.94. The predicted molar refractivity (Wildman–Crippen MR) is 191 cm³/mol. The molecule has 0 amide bonds. The number of phenols is 3. The first-order valence-electron chi connectivity index (χ1n) is 18.7. The van der Waals surface area contributed by atoms with Crippen LogP contribution in [0.3, 0.4) is 0 Å². The Bertz CT molecular complexity index is 1430. The highest BCUT2D eigenvalue weighted by molar-refractivity contribution is 5.55. The summed E-state index contributed by atoms with van der Waals surface area (Å²) >= 11 is 0. The van der Waals surface area contributed by atoms with Crippen molar-refractivity contribution in [2.75, 3.05) is 0 Å². The van der Waals surface area contributed by atoms with Gasteiger partial charge in [-0.2, -0.15) is 0 Å². The minimum atomic E-state index is 0.150. The van der Waals surface area contributed by atoms with Crippen molar-refractivity contribution in [3.8, 4) is 17.2 Å². The van der Waals surface area contributed by atoms with Crippen LogP contribution in [0.4, 0.5) is 0 Å². The van der Waals surface area contributed by atoms with Gasteiger partial charge in [0, 0.05) is 5.92 Å². The largest absolute Gasteiger partial charge is 0.508 e. The van der Waals surface area contributed by atoms with Gasteiger partial charge in [0.15, 0.2) is 0 Å². The number of phenolic OH excluding ortho intramolecular Hbond substituents is 3. The second-order valence-electron chi connectivity index (χ2n) is 15.5. The van der Waals surface area contributed by atoms with E-state index in [1.54, 1.807) is 0 Å². The lowest BCUT2D eigenvalue weighted by molar-refractivity contribution is 0.425. The van der Waals surface area contributed by atoms with E-state index in [4.69, 9.17) is 0 Å². The lowest BCUT2D eigenvalue weighted by atomic mass is 9.69. The van der Waals surface area contributed by atoms with Crippen LogP contribution in [0.25, 0.3) is 0 Å². The molecular formula is C43H58O3. The molecular weight excluding hydrogens is 564 g/mol. The van der Waals surface area contributed by atoms with Crippen LogP contribution < -0.4 is 0 Å². The Balaban J connectivity index is 1.53. The molecule has 6 rings (SSSR count). The van der Waals surface area contributed by atoms with Crippen molar-refractivity contribution >= 4 is 0 Å². The molecule has 46 heavy (non-hydrogen) atoms. The summed E-state index contributed by atoms with van der Waals surface area (Å²) in [6.07, 6.45) is 19.6. The van der Waals surface area contributed by atoms with Crippen molar-refractivity contribution in [1.29, 1.82) is 0 Å². The van der Waals surface area contributed by atoms with E-state index in [0.29, 0.717) is 35.0 Å². The van der Waals surface area contributed by atoms with Crippen LogP contribution in [-0.4, -0.2) is 15.3 Å². The lowest BCUT2D eigenvalue weighted by Gasteiger charge is -2.35. The maximum absolute atomic E-state index is 11.0. The van der Waals surface area contributed by atoms with E-state index in [9.17, 15) is 15.3 Å². The van der Waals surface area contributed by atoms with Gasteiger partial charge in [0.05, 0.1) is 0 Å². The Labute approximate surface area is 278 Å². The van der Waals surface area contributed by atoms with E-state index in [0.717, 1.165) is 6.42 Å². The molecule has 3 nitrogen and oxygen atoms in total. The molecule has 1 unspecified atom stereocenters. The van der Waals surface area contributed by atoms with Crippen molar-refractivity contribution in [3.63, 3.8) is 0 Å². The van der Waals surface area contributed by atoms with Gasteiger partial charge in [-0.3, -0.25) is 0 Å². The first kappa shape index (κ1) is 33.0. The summed E-state index contributed by atoms with van der Waals surface area (Å²) in [5.41, 5.74) is 11.9. The van der Waals surface area contributed by atoms with Crippen LogP contribution in [0, 0.1) is 20.8 Å². The molecule has 0 heterocycles. The minimum Gasteiger partial charge on any atom is -0.508 e. The maximum Gasteiger partial charge on any atom is 0.116 e.